The smallest absolute Gasteiger partial charge is 0.232 e. The lowest BCUT2D eigenvalue weighted by Gasteiger charge is -2.38. The summed E-state index contributed by atoms with van der Waals surface area (Å²) in [7, 11) is 4.56. The van der Waals surface area contributed by atoms with Crippen LogP contribution in [0.4, 0.5) is 10.1 Å². The minimum Gasteiger partial charge on any atom is -0.493 e. The zero-order valence-corrected chi connectivity index (χ0v) is 17.7. The van der Waals surface area contributed by atoms with Gasteiger partial charge in [0.15, 0.2) is 17.3 Å². The number of hydrogen-bond acceptors (Lipinski definition) is 5. The van der Waals surface area contributed by atoms with Crippen LogP contribution in [-0.2, 0) is 9.59 Å². The highest BCUT2D eigenvalue weighted by Gasteiger charge is 2.41. The number of Topliss-reactive ketones (excluding diaryl/α,β-unsaturated/α-hetero) is 1. The molecule has 0 saturated heterocycles. The average molecular weight is 425 g/mol. The molecule has 0 fully saturated rings. The maximum Gasteiger partial charge on any atom is 0.232 e. The van der Waals surface area contributed by atoms with Crippen LogP contribution in [0.2, 0.25) is 0 Å². The molecule has 2 aromatic carbocycles. The second-order valence-corrected chi connectivity index (χ2v) is 7.53. The molecular formula is C24H24FNO5. The minimum atomic E-state index is -0.477. The molecule has 0 bridgehead atoms. The lowest BCUT2D eigenvalue weighted by Crippen LogP contribution is -2.40. The van der Waals surface area contributed by atoms with Gasteiger partial charge in [-0.2, -0.15) is 0 Å². The van der Waals surface area contributed by atoms with Crippen LogP contribution in [0.3, 0.4) is 0 Å². The molecular weight excluding hydrogens is 401 g/mol. The first-order valence-corrected chi connectivity index (χ1v) is 10.1. The Balaban J connectivity index is 1.91. The van der Waals surface area contributed by atoms with E-state index in [1.807, 2.05) is 6.07 Å². The second kappa shape index (κ2) is 8.41. The van der Waals surface area contributed by atoms with Crippen molar-refractivity contribution < 1.29 is 28.2 Å². The van der Waals surface area contributed by atoms with E-state index in [-0.39, 0.29) is 18.1 Å². The summed E-state index contributed by atoms with van der Waals surface area (Å²) in [6.45, 7) is 0. The average Bonchev–Trinajstić information content (AvgIpc) is 2.77. The normalized spacial score (nSPS) is 18.7. The molecule has 0 radical (unpaired) electrons. The molecule has 4 rings (SSSR count). The van der Waals surface area contributed by atoms with Gasteiger partial charge in [0, 0.05) is 35.6 Å². The van der Waals surface area contributed by atoms with Gasteiger partial charge in [-0.25, -0.2) is 4.39 Å². The molecule has 0 aromatic heterocycles. The van der Waals surface area contributed by atoms with E-state index in [2.05, 4.69) is 0 Å². The van der Waals surface area contributed by atoms with Gasteiger partial charge < -0.3 is 14.2 Å². The number of anilines is 1. The Hall–Kier alpha value is -3.35. The molecule has 0 unspecified atom stereocenters. The number of amides is 1. The fraction of sp³-hybridized carbons (Fsp3) is 0.333. The molecule has 0 spiro atoms. The van der Waals surface area contributed by atoms with Crippen molar-refractivity contribution in [1.82, 2.24) is 0 Å². The SMILES string of the molecule is COc1ccc([C@@H]2CC(=O)N(c3cccc(F)c3)C3=C2C(=O)CCC3)c(OC)c1OC. The predicted octanol–water partition coefficient (Wildman–Crippen LogP) is 4.38. The van der Waals surface area contributed by atoms with Crippen LogP contribution in [0.25, 0.3) is 0 Å². The van der Waals surface area contributed by atoms with Crippen LogP contribution in [0, 0.1) is 5.82 Å². The first kappa shape index (κ1) is 20.9. The van der Waals surface area contributed by atoms with Gasteiger partial charge in [-0.15, -0.1) is 0 Å². The van der Waals surface area contributed by atoms with E-state index in [4.69, 9.17) is 14.2 Å². The van der Waals surface area contributed by atoms with Crippen molar-refractivity contribution in [3.8, 4) is 17.2 Å². The van der Waals surface area contributed by atoms with Gasteiger partial charge in [-0.1, -0.05) is 12.1 Å². The molecule has 1 amide bonds. The van der Waals surface area contributed by atoms with E-state index in [0.717, 1.165) is 0 Å². The Kier molecular flexibility index (Phi) is 5.67. The molecule has 1 atom stereocenters. The highest BCUT2D eigenvalue weighted by molar-refractivity contribution is 6.07. The third kappa shape index (κ3) is 3.54. The summed E-state index contributed by atoms with van der Waals surface area (Å²) in [5, 5.41) is 0. The zero-order chi connectivity index (χ0) is 22.1. The number of carbonyl (C=O) groups is 2. The number of hydrogen-bond donors (Lipinski definition) is 0. The van der Waals surface area contributed by atoms with Crippen LogP contribution < -0.4 is 19.1 Å². The molecule has 6 nitrogen and oxygen atoms in total. The Morgan fingerprint density at radius 1 is 0.968 bits per heavy atom. The Morgan fingerprint density at radius 2 is 1.74 bits per heavy atom. The number of methoxy groups -OCH3 is 3. The van der Waals surface area contributed by atoms with Gasteiger partial charge in [-0.05, 0) is 37.1 Å². The third-order valence-corrected chi connectivity index (χ3v) is 5.85. The van der Waals surface area contributed by atoms with Crippen LogP contribution >= 0.6 is 0 Å². The Morgan fingerprint density at radius 3 is 2.42 bits per heavy atom. The molecule has 2 aliphatic rings. The molecule has 1 aliphatic heterocycles. The van der Waals surface area contributed by atoms with Gasteiger partial charge >= 0.3 is 0 Å². The van der Waals surface area contributed by atoms with Gasteiger partial charge in [0.25, 0.3) is 0 Å². The van der Waals surface area contributed by atoms with Crippen molar-refractivity contribution in [2.75, 3.05) is 26.2 Å². The monoisotopic (exact) mass is 425 g/mol. The summed E-state index contributed by atoms with van der Waals surface area (Å²) in [5.74, 6) is 0.235. The molecule has 2 aromatic rings. The fourth-order valence-corrected chi connectivity index (χ4v) is 4.57. The van der Waals surface area contributed by atoms with Crippen LogP contribution in [0.1, 0.15) is 37.2 Å². The third-order valence-electron chi connectivity index (χ3n) is 5.85. The molecule has 0 N–H and O–H groups in total. The van der Waals surface area contributed by atoms with Crippen LogP contribution in [-0.4, -0.2) is 33.0 Å². The number of nitrogens with zero attached hydrogens (tertiary/aromatic N) is 1. The molecule has 162 valence electrons. The quantitative estimate of drug-likeness (QED) is 0.711. The van der Waals surface area contributed by atoms with E-state index in [0.29, 0.717) is 59.0 Å². The number of ketones is 1. The first-order valence-electron chi connectivity index (χ1n) is 10.1. The standard InChI is InChI=1S/C24H24FNO5/c1-29-20-11-10-16(23(30-2)24(20)31-3)17-13-21(28)26(15-7-4-6-14(25)12-15)18-8-5-9-19(27)22(17)18/h4,6-7,10-12,17H,5,8-9,13H2,1-3H3/t17-/m0/s1. The lowest BCUT2D eigenvalue weighted by atomic mass is 9.76. The van der Waals surface area contributed by atoms with Crippen molar-refractivity contribution in [2.24, 2.45) is 0 Å². The zero-order valence-electron chi connectivity index (χ0n) is 17.7. The number of carbonyl (C=O) groups excluding carboxylic acids is 2. The van der Waals surface area contributed by atoms with Crippen molar-refractivity contribution in [3.05, 3.63) is 59.0 Å². The topological polar surface area (TPSA) is 65.1 Å². The summed E-state index contributed by atoms with van der Waals surface area (Å²) in [6, 6.07) is 9.44. The van der Waals surface area contributed by atoms with E-state index in [9.17, 15) is 14.0 Å². The van der Waals surface area contributed by atoms with E-state index < -0.39 is 11.7 Å². The molecule has 7 heteroatoms. The van der Waals surface area contributed by atoms with Crippen LogP contribution in [0.5, 0.6) is 17.2 Å². The molecule has 31 heavy (non-hydrogen) atoms. The molecule has 0 saturated carbocycles. The van der Waals surface area contributed by atoms with Crippen molar-refractivity contribution >= 4 is 17.4 Å². The lowest BCUT2D eigenvalue weighted by molar-refractivity contribution is -0.119. The maximum atomic E-state index is 13.9. The number of benzene rings is 2. The molecule has 1 aliphatic carbocycles. The Bertz CT molecular complexity index is 1080. The van der Waals surface area contributed by atoms with Crippen molar-refractivity contribution in [1.29, 1.82) is 0 Å². The number of rotatable bonds is 5. The summed E-state index contributed by atoms with van der Waals surface area (Å²) in [4.78, 5) is 27.9. The highest BCUT2D eigenvalue weighted by Crippen LogP contribution is 2.49. The largest absolute Gasteiger partial charge is 0.493 e. The maximum absolute atomic E-state index is 13.9. The van der Waals surface area contributed by atoms with E-state index in [1.165, 1.54) is 38.4 Å². The van der Waals surface area contributed by atoms with E-state index in [1.54, 1.807) is 18.2 Å². The molecule has 1 heterocycles. The van der Waals surface area contributed by atoms with E-state index >= 15 is 0 Å². The minimum absolute atomic E-state index is 0.00279. The van der Waals surface area contributed by atoms with Gasteiger partial charge in [0.2, 0.25) is 11.7 Å². The predicted molar refractivity (Wildman–Crippen MR) is 113 cm³/mol. The van der Waals surface area contributed by atoms with Gasteiger partial charge in [-0.3, -0.25) is 14.5 Å². The van der Waals surface area contributed by atoms with Crippen molar-refractivity contribution in [3.63, 3.8) is 0 Å². The first-order chi connectivity index (χ1) is 15.0. The van der Waals surface area contributed by atoms with Gasteiger partial charge in [0.05, 0.1) is 27.0 Å². The summed E-state index contributed by atoms with van der Waals surface area (Å²) in [6.07, 6.45) is 1.69. The van der Waals surface area contributed by atoms with Gasteiger partial charge in [0.1, 0.15) is 5.82 Å². The van der Waals surface area contributed by atoms with Crippen LogP contribution in [0.15, 0.2) is 47.7 Å². The highest BCUT2D eigenvalue weighted by atomic mass is 19.1. The second-order valence-electron chi connectivity index (χ2n) is 7.53. The number of allylic oxidation sites excluding steroid dienone is 2. The van der Waals surface area contributed by atoms with Crippen molar-refractivity contribution in [2.45, 2.75) is 31.6 Å². The summed E-state index contributed by atoms with van der Waals surface area (Å²) in [5.41, 5.74) is 2.35. The number of ether oxygens (including phenoxy) is 3. The fourth-order valence-electron chi connectivity index (χ4n) is 4.57. The Labute approximate surface area is 180 Å². The summed E-state index contributed by atoms with van der Waals surface area (Å²) >= 11 is 0. The summed E-state index contributed by atoms with van der Waals surface area (Å²) < 4.78 is 30.4. The number of halogens is 1.